The molecule has 3 N–H and O–H groups in total. The highest BCUT2D eigenvalue weighted by atomic mass is 16.4. The van der Waals surface area contributed by atoms with Crippen molar-refractivity contribution in [2.24, 2.45) is 5.41 Å². The fourth-order valence-electron chi connectivity index (χ4n) is 5.23. The SMILES string of the molecule is Cc1ccc(C(CC(=O)O)NC(=O)c2ccc(N3CCCN(C(=O)c4cccnc4)CC3)c(NC(=O)CC(C)(C)C)c2)cc1. The third kappa shape index (κ3) is 8.89. The van der Waals surface area contributed by atoms with E-state index in [-0.39, 0.29) is 30.1 Å². The summed E-state index contributed by atoms with van der Waals surface area (Å²) >= 11 is 0. The minimum atomic E-state index is -1.03. The second-order valence-electron chi connectivity index (χ2n) is 12.4. The number of pyridine rings is 1. The van der Waals surface area contributed by atoms with E-state index in [2.05, 4.69) is 20.5 Å². The average molecular weight is 600 g/mol. The van der Waals surface area contributed by atoms with Gasteiger partial charge in [0.05, 0.1) is 29.4 Å². The van der Waals surface area contributed by atoms with Crippen molar-refractivity contribution in [3.05, 3.63) is 89.2 Å². The maximum atomic E-state index is 13.5. The number of hydrogen-bond donors (Lipinski definition) is 3. The molecule has 3 amide bonds. The van der Waals surface area contributed by atoms with Crippen molar-refractivity contribution in [2.45, 2.75) is 53.0 Å². The molecule has 44 heavy (non-hydrogen) atoms. The van der Waals surface area contributed by atoms with Crippen molar-refractivity contribution >= 4 is 35.1 Å². The van der Waals surface area contributed by atoms with Crippen LogP contribution in [0, 0.1) is 12.3 Å². The number of aliphatic carboxylic acids is 1. The lowest BCUT2D eigenvalue weighted by molar-refractivity contribution is -0.137. The summed E-state index contributed by atoms with van der Waals surface area (Å²) in [6.45, 7) is 10.1. The van der Waals surface area contributed by atoms with E-state index in [4.69, 9.17) is 0 Å². The maximum absolute atomic E-state index is 13.5. The number of aromatic nitrogens is 1. The number of hydrogen-bond acceptors (Lipinski definition) is 6. The standard InChI is InChI=1S/C34H41N5O5/c1-23-8-10-24(11-9-23)27(20-31(41)42)37-32(43)25-12-13-29(28(19-25)36-30(40)21-34(2,3)4)38-15-6-16-39(18-17-38)33(44)26-7-5-14-35-22-26/h5,7-14,19,22,27H,6,15-18,20-21H2,1-4H3,(H,36,40)(H,37,43)(H,41,42). The summed E-state index contributed by atoms with van der Waals surface area (Å²) < 4.78 is 0. The van der Waals surface area contributed by atoms with E-state index >= 15 is 0 Å². The number of amides is 3. The normalized spacial score (nSPS) is 14.4. The van der Waals surface area contributed by atoms with Crippen LogP contribution in [0.1, 0.15) is 77.9 Å². The summed E-state index contributed by atoms with van der Waals surface area (Å²) in [4.78, 5) is 59.2. The number of aryl methyl sites for hydroxylation is 1. The zero-order valence-corrected chi connectivity index (χ0v) is 25.8. The van der Waals surface area contributed by atoms with Gasteiger partial charge in [-0.2, -0.15) is 0 Å². The average Bonchev–Trinajstić information content (AvgIpc) is 3.22. The van der Waals surface area contributed by atoms with E-state index in [9.17, 15) is 24.3 Å². The third-order valence-corrected chi connectivity index (χ3v) is 7.42. The minimum Gasteiger partial charge on any atom is -0.481 e. The lowest BCUT2D eigenvalue weighted by Crippen LogP contribution is -2.35. The summed E-state index contributed by atoms with van der Waals surface area (Å²) in [5.74, 6) is -1.73. The first kappa shape index (κ1) is 32.2. The number of anilines is 2. The van der Waals surface area contributed by atoms with Crippen molar-refractivity contribution in [3.8, 4) is 0 Å². The number of carbonyl (C=O) groups excluding carboxylic acids is 3. The number of nitrogens with one attached hydrogen (secondary N) is 2. The predicted molar refractivity (Wildman–Crippen MR) is 170 cm³/mol. The quantitative estimate of drug-likeness (QED) is 0.313. The fourth-order valence-corrected chi connectivity index (χ4v) is 5.23. The maximum Gasteiger partial charge on any atom is 0.305 e. The number of carbonyl (C=O) groups is 4. The molecule has 1 aliphatic heterocycles. The highest BCUT2D eigenvalue weighted by molar-refractivity contribution is 6.00. The zero-order valence-electron chi connectivity index (χ0n) is 25.8. The molecule has 0 bridgehead atoms. The van der Waals surface area contributed by atoms with Crippen LogP contribution in [0.4, 0.5) is 11.4 Å². The lowest BCUT2D eigenvalue weighted by atomic mass is 9.92. The lowest BCUT2D eigenvalue weighted by Gasteiger charge is -2.27. The molecule has 0 saturated carbocycles. The van der Waals surface area contributed by atoms with Gasteiger partial charge in [-0.3, -0.25) is 24.2 Å². The number of benzene rings is 2. The molecule has 3 aromatic rings. The molecule has 1 unspecified atom stereocenters. The molecular weight excluding hydrogens is 558 g/mol. The Hall–Kier alpha value is -4.73. The van der Waals surface area contributed by atoms with Gasteiger partial charge in [-0.25, -0.2) is 0 Å². The second-order valence-corrected chi connectivity index (χ2v) is 12.4. The van der Waals surface area contributed by atoms with E-state index in [1.54, 1.807) is 42.7 Å². The highest BCUT2D eigenvalue weighted by Gasteiger charge is 2.25. The van der Waals surface area contributed by atoms with Gasteiger partial charge in [0.25, 0.3) is 11.8 Å². The Morgan fingerprint density at radius 2 is 1.70 bits per heavy atom. The number of rotatable bonds is 9. The molecule has 2 aromatic carbocycles. The van der Waals surface area contributed by atoms with Crippen LogP contribution in [0.15, 0.2) is 67.0 Å². The Balaban J connectivity index is 1.58. The highest BCUT2D eigenvalue weighted by Crippen LogP contribution is 2.30. The van der Waals surface area contributed by atoms with Crippen LogP contribution in [0.3, 0.4) is 0 Å². The smallest absolute Gasteiger partial charge is 0.305 e. The minimum absolute atomic E-state index is 0.0739. The third-order valence-electron chi connectivity index (χ3n) is 7.42. The topological polar surface area (TPSA) is 132 Å². The van der Waals surface area contributed by atoms with Gasteiger partial charge < -0.3 is 25.5 Å². The summed E-state index contributed by atoms with van der Waals surface area (Å²) in [6, 6.07) is 15.3. The van der Waals surface area contributed by atoms with Crippen molar-refractivity contribution in [2.75, 3.05) is 36.4 Å². The van der Waals surface area contributed by atoms with Gasteiger partial charge >= 0.3 is 5.97 Å². The van der Waals surface area contributed by atoms with Crippen LogP contribution in [-0.2, 0) is 9.59 Å². The Morgan fingerprint density at radius 1 is 0.955 bits per heavy atom. The van der Waals surface area contributed by atoms with Crippen LogP contribution >= 0.6 is 0 Å². The van der Waals surface area contributed by atoms with Crippen LogP contribution in [-0.4, -0.2) is 64.9 Å². The molecule has 4 rings (SSSR count). The van der Waals surface area contributed by atoms with Crippen molar-refractivity contribution in [3.63, 3.8) is 0 Å². The summed E-state index contributed by atoms with van der Waals surface area (Å²) in [7, 11) is 0. The largest absolute Gasteiger partial charge is 0.481 e. The van der Waals surface area contributed by atoms with Crippen molar-refractivity contribution < 1.29 is 24.3 Å². The molecule has 1 aliphatic rings. The van der Waals surface area contributed by atoms with Gasteiger partial charge in [-0.15, -0.1) is 0 Å². The monoisotopic (exact) mass is 599 g/mol. The number of carboxylic acids is 1. The zero-order chi connectivity index (χ0) is 31.9. The predicted octanol–water partition coefficient (Wildman–Crippen LogP) is 5.06. The molecule has 1 fully saturated rings. The van der Waals surface area contributed by atoms with Gasteiger partial charge in [0, 0.05) is 50.6 Å². The van der Waals surface area contributed by atoms with E-state index in [0.717, 1.165) is 17.7 Å². The molecule has 2 heterocycles. The van der Waals surface area contributed by atoms with Crippen LogP contribution in [0.5, 0.6) is 0 Å². The van der Waals surface area contributed by atoms with Gasteiger partial charge in [0.1, 0.15) is 0 Å². The molecule has 10 nitrogen and oxygen atoms in total. The molecule has 1 saturated heterocycles. The Bertz CT molecular complexity index is 1480. The fraction of sp³-hybridized carbons (Fsp3) is 0.382. The first-order chi connectivity index (χ1) is 20.9. The molecule has 0 radical (unpaired) electrons. The van der Waals surface area contributed by atoms with Gasteiger partial charge in [-0.05, 0) is 54.7 Å². The molecule has 232 valence electrons. The molecule has 1 atom stereocenters. The van der Waals surface area contributed by atoms with Crippen LogP contribution in [0.25, 0.3) is 0 Å². The van der Waals surface area contributed by atoms with Crippen LogP contribution in [0.2, 0.25) is 0 Å². The second kappa shape index (κ2) is 14.2. The molecule has 0 spiro atoms. The van der Waals surface area contributed by atoms with Gasteiger partial charge in [0.2, 0.25) is 5.91 Å². The molecule has 10 heteroatoms. The summed E-state index contributed by atoms with van der Waals surface area (Å²) in [6.07, 6.45) is 3.93. The van der Waals surface area contributed by atoms with Gasteiger partial charge in [0.15, 0.2) is 0 Å². The van der Waals surface area contributed by atoms with E-state index in [1.807, 2.05) is 56.9 Å². The molecular formula is C34H41N5O5. The van der Waals surface area contributed by atoms with E-state index < -0.39 is 17.9 Å². The van der Waals surface area contributed by atoms with E-state index in [0.29, 0.717) is 48.6 Å². The first-order valence-corrected chi connectivity index (χ1v) is 14.9. The van der Waals surface area contributed by atoms with Crippen molar-refractivity contribution in [1.29, 1.82) is 0 Å². The van der Waals surface area contributed by atoms with Crippen molar-refractivity contribution in [1.82, 2.24) is 15.2 Å². The molecule has 1 aromatic heterocycles. The Kier molecular flexibility index (Phi) is 10.4. The number of carboxylic acid groups (broad SMARTS) is 1. The summed E-state index contributed by atoms with van der Waals surface area (Å²) in [5, 5.41) is 15.4. The van der Waals surface area contributed by atoms with E-state index in [1.165, 1.54) is 0 Å². The van der Waals surface area contributed by atoms with Gasteiger partial charge in [-0.1, -0.05) is 50.6 Å². The Labute approximate surface area is 258 Å². The Morgan fingerprint density at radius 3 is 2.36 bits per heavy atom. The number of nitrogens with zero attached hydrogens (tertiary/aromatic N) is 3. The van der Waals surface area contributed by atoms with Crippen LogP contribution < -0.4 is 15.5 Å². The first-order valence-electron chi connectivity index (χ1n) is 14.9. The molecule has 0 aliphatic carbocycles. The summed E-state index contributed by atoms with van der Waals surface area (Å²) in [5.41, 5.74) is 3.55.